The summed E-state index contributed by atoms with van der Waals surface area (Å²) < 4.78 is 25.7. The molecule has 0 spiro atoms. The Balaban J connectivity index is 0.00000163. The molecule has 1 aliphatic carbocycles. The minimum Gasteiger partial charge on any atom is -0.569 e. The number of methoxy groups -OCH3 is 1. The highest BCUT2D eigenvalue weighted by Crippen LogP contribution is 2.21. The van der Waals surface area contributed by atoms with E-state index in [-0.39, 0.29) is 25.4 Å². The third kappa shape index (κ3) is 8.27. The molecule has 0 aromatic heterocycles. The fourth-order valence-corrected chi connectivity index (χ4v) is 1.95. The van der Waals surface area contributed by atoms with Crippen LogP contribution in [-0.2, 0) is 19.2 Å². The first-order chi connectivity index (χ1) is 11.0. The molecule has 0 saturated heterocycles. The lowest BCUT2D eigenvalue weighted by molar-refractivity contribution is -0.726. The van der Waals surface area contributed by atoms with Crippen LogP contribution in [0.3, 0.4) is 0 Å². The van der Waals surface area contributed by atoms with E-state index in [1.165, 1.54) is 5.01 Å². The second kappa shape index (κ2) is 10.1. The summed E-state index contributed by atoms with van der Waals surface area (Å²) in [7, 11) is -2.46. The largest absolute Gasteiger partial charge is 0.569 e. The summed E-state index contributed by atoms with van der Waals surface area (Å²) in [6.45, 7) is 5.52. The van der Waals surface area contributed by atoms with Crippen molar-refractivity contribution in [1.29, 1.82) is 0 Å². The summed E-state index contributed by atoms with van der Waals surface area (Å²) in [5.41, 5.74) is -0.525. The molecule has 0 aromatic carbocycles. The molecule has 1 saturated carbocycles. The van der Waals surface area contributed by atoms with Gasteiger partial charge in [0.1, 0.15) is 12.6 Å². The van der Waals surface area contributed by atoms with E-state index in [0.29, 0.717) is 4.97 Å². The Hall–Kier alpha value is -1.66. The number of hydrogen-bond acceptors (Lipinski definition) is 6. The lowest BCUT2D eigenvalue weighted by atomic mass is 10.1. The number of carbonyl (C=O) groups excluding carboxylic acids is 2. The zero-order chi connectivity index (χ0) is 18.8. The van der Waals surface area contributed by atoms with E-state index in [2.05, 4.69) is 5.28 Å². The summed E-state index contributed by atoms with van der Waals surface area (Å²) in [6.07, 6.45) is 4.26. The van der Waals surface area contributed by atoms with Gasteiger partial charge in [-0.15, -0.1) is 5.01 Å². The van der Waals surface area contributed by atoms with Crippen LogP contribution in [-0.4, -0.2) is 48.0 Å². The molecule has 0 aliphatic heterocycles. The molecule has 0 aromatic rings. The Morgan fingerprint density at radius 1 is 1.43 bits per heavy atom. The number of rotatable bonds is 6. The molecule has 1 fully saturated rings. The van der Waals surface area contributed by atoms with Crippen molar-refractivity contribution in [3.05, 3.63) is 5.21 Å². The van der Waals surface area contributed by atoms with Crippen LogP contribution in [0.15, 0.2) is 5.28 Å². The molecule has 8 heteroatoms. The molecule has 0 N–H and O–H groups in total. The van der Waals surface area contributed by atoms with Gasteiger partial charge in [0.2, 0.25) is 5.28 Å². The van der Waals surface area contributed by atoms with Crippen molar-refractivity contribution in [2.75, 3.05) is 20.2 Å². The average molecular weight is 306 g/mol. The molecule has 8 nitrogen and oxygen atoms in total. The van der Waals surface area contributed by atoms with Crippen molar-refractivity contribution >= 4 is 6.15 Å². The van der Waals surface area contributed by atoms with Crippen molar-refractivity contribution in [3.8, 4) is 0 Å². The van der Waals surface area contributed by atoms with Gasteiger partial charge in [0.15, 0.2) is 0 Å². The summed E-state index contributed by atoms with van der Waals surface area (Å²) in [6, 6.07) is 0. The van der Waals surface area contributed by atoms with Gasteiger partial charge in [-0.05, 0) is 46.5 Å². The zero-order valence-corrected chi connectivity index (χ0v) is 12.7. The molecule has 0 unspecified atom stereocenters. The van der Waals surface area contributed by atoms with E-state index in [1.54, 1.807) is 0 Å². The number of hydrogen-bond donors (Lipinski definition) is 0. The second-order valence-corrected chi connectivity index (χ2v) is 5.57. The van der Waals surface area contributed by atoms with Gasteiger partial charge in [-0.3, -0.25) is 0 Å². The predicted molar refractivity (Wildman–Crippen MR) is 72.7 cm³/mol. The van der Waals surface area contributed by atoms with Crippen LogP contribution in [0.25, 0.3) is 0 Å². The van der Waals surface area contributed by atoms with Crippen LogP contribution < -0.4 is 0 Å². The molecule has 21 heavy (non-hydrogen) atoms. The summed E-state index contributed by atoms with van der Waals surface area (Å²) >= 11 is 0. The normalized spacial score (nSPS) is 18.6. The molecule has 0 amide bonds. The standard InChI is InChI=1S/C12H25N3O3.CO2/c1-12(2,3)14(9-10-17-4)15(16)13-18-11-7-5-6-8-11;2-1-3/h11H,5-10H2,1-4H3;/b15-13-;/i4D3;. The van der Waals surface area contributed by atoms with E-state index in [4.69, 9.17) is 23.3 Å². The Labute approximate surface area is 129 Å². The van der Waals surface area contributed by atoms with Crippen molar-refractivity contribution in [3.63, 3.8) is 0 Å². The van der Waals surface area contributed by atoms with Gasteiger partial charge < -0.3 is 14.8 Å². The minimum absolute atomic E-state index is 0.00175. The zero-order valence-electron chi connectivity index (χ0n) is 15.7. The molecule has 0 radical (unpaired) electrons. The summed E-state index contributed by atoms with van der Waals surface area (Å²) in [4.78, 5) is 21.9. The van der Waals surface area contributed by atoms with E-state index < -0.39 is 12.6 Å². The van der Waals surface area contributed by atoms with Gasteiger partial charge in [0, 0.05) is 7.04 Å². The van der Waals surface area contributed by atoms with Crippen LogP contribution >= 0.6 is 0 Å². The predicted octanol–water partition coefficient (Wildman–Crippen LogP) is 1.90. The van der Waals surface area contributed by atoms with Gasteiger partial charge in [0.05, 0.1) is 21.2 Å². The van der Waals surface area contributed by atoms with E-state index >= 15 is 0 Å². The lowest BCUT2D eigenvalue weighted by Crippen LogP contribution is -2.47. The fourth-order valence-electron chi connectivity index (χ4n) is 1.95. The molecule has 0 atom stereocenters. The van der Waals surface area contributed by atoms with Crippen LogP contribution in [0.5, 0.6) is 0 Å². The van der Waals surface area contributed by atoms with Crippen LogP contribution in [0.4, 0.5) is 0 Å². The quantitative estimate of drug-likeness (QED) is 0.422. The SMILES string of the molecule is O=C=O.[2H]C([2H])([2H])OCCN(/[N+]([O-])=N/OC1CCCC1)C(C)(C)C. The second-order valence-electron chi connectivity index (χ2n) is 5.57. The van der Waals surface area contributed by atoms with Crippen LogP contribution in [0.1, 0.15) is 50.6 Å². The maximum absolute atomic E-state index is 12.1. The Bertz CT molecular complexity index is 426. The molecule has 0 bridgehead atoms. The highest BCUT2D eigenvalue weighted by atomic mass is 16.7. The van der Waals surface area contributed by atoms with E-state index in [1.807, 2.05) is 20.8 Å². The maximum atomic E-state index is 12.1. The van der Waals surface area contributed by atoms with Crippen molar-refractivity contribution in [1.82, 2.24) is 5.01 Å². The van der Waals surface area contributed by atoms with E-state index in [0.717, 1.165) is 25.7 Å². The van der Waals surface area contributed by atoms with Crippen molar-refractivity contribution < 1.29 is 28.2 Å². The number of ether oxygens (including phenoxy) is 1. The Morgan fingerprint density at radius 3 is 2.48 bits per heavy atom. The van der Waals surface area contributed by atoms with Crippen LogP contribution in [0.2, 0.25) is 0 Å². The number of nitrogens with zero attached hydrogens (tertiary/aromatic N) is 3. The van der Waals surface area contributed by atoms with Gasteiger partial charge in [-0.2, -0.15) is 9.59 Å². The van der Waals surface area contributed by atoms with Crippen molar-refractivity contribution in [2.24, 2.45) is 5.28 Å². The Kier molecular flexibility index (Phi) is 6.89. The monoisotopic (exact) mass is 306 g/mol. The molecule has 122 valence electrons. The summed E-state index contributed by atoms with van der Waals surface area (Å²) in [5, 5.41) is 17.0. The molecule has 1 rings (SSSR count). The highest BCUT2D eigenvalue weighted by molar-refractivity contribution is 5.20. The van der Waals surface area contributed by atoms with Gasteiger partial charge in [0.25, 0.3) is 0 Å². The molecule has 1 aliphatic rings. The number of hydrazine groups is 1. The maximum Gasteiger partial charge on any atom is 0.373 e. The molecule has 0 heterocycles. The Morgan fingerprint density at radius 2 is 2.00 bits per heavy atom. The third-order valence-electron chi connectivity index (χ3n) is 2.95. The minimum atomic E-state index is -2.46. The first-order valence-electron chi connectivity index (χ1n) is 8.26. The first kappa shape index (κ1) is 14.3. The smallest absolute Gasteiger partial charge is 0.373 e. The lowest BCUT2D eigenvalue weighted by Gasteiger charge is -2.30. The molecular weight excluding hydrogens is 278 g/mol. The average Bonchev–Trinajstić information content (AvgIpc) is 2.92. The first-order valence-corrected chi connectivity index (χ1v) is 6.76. The highest BCUT2D eigenvalue weighted by Gasteiger charge is 2.29. The summed E-state index contributed by atoms with van der Waals surface area (Å²) in [5.74, 6) is 0. The third-order valence-corrected chi connectivity index (χ3v) is 2.95. The van der Waals surface area contributed by atoms with Gasteiger partial charge in [-0.1, -0.05) is 0 Å². The molecular formula is C13H25N3O5. The van der Waals surface area contributed by atoms with Gasteiger partial charge >= 0.3 is 6.15 Å². The topological polar surface area (TPSA) is 94.3 Å². The van der Waals surface area contributed by atoms with E-state index in [9.17, 15) is 5.21 Å². The van der Waals surface area contributed by atoms with Crippen LogP contribution in [0, 0.1) is 5.21 Å². The fraction of sp³-hybridized carbons (Fsp3) is 0.923. The van der Waals surface area contributed by atoms with Gasteiger partial charge in [-0.25, -0.2) is 0 Å². The van der Waals surface area contributed by atoms with Crippen molar-refractivity contribution in [2.45, 2.75) is 58.1 Å².